The lowest BCUT2D eigenvalue weighted by Gasteiger charge is -2.38. The first-order valence-corrected chi connectivity index (χ1v) is 12.8. The molecule has 3 heterocycles. The molecule has 190 valence electrons. The van der Waals surface area contributed by atoms with Crippen molar-refractivity contribution in [1.29, 1.82) is 0 Å². The molecule has 3 N–H and O–H groups in total. The molecule has 1 saturated carbocycles. The van der Waals surface area contributed by atoms with Crippen molar-refractivity contribution >= 4 is 34.2 Å². The Labute approximate surface area is 211 Å². The minimum atomic E-state index is -0.639. The van der Waals surface area contributed by atoms with E-state index in [1.807, 2.05) is 31.0 Å². The number of carbonyl (C=O) groups excluding carboxylic acids is 2. The maximum Gasteiger partial charge on any atom is 0.313 e. The van der Waals surface area contributed by atoms with Crippen molar-refractivity contribution in [3.63, 3.8) is 0 Å². The van der Waals surface area contributed by atoms with E-state index >= 15 is 0 Å². The minimum Gasteiger partial charge on any atom is -0.383 e. The molecule has 2 aromatic heterocycles. The molecular formula is C27H35N7O2. The Kier molecular flexibility index (Phi) is 6.66. The summed E-state index contributed by atoms with van der Waals surface area (Å²) in [4.78, 5) is 34.5. The number of likely N-dealkylation sites (N-methyl/N-ethyl adjacent to an activating group) is 1. The highest BCUT2D eigenvalue weighted by molar-refractivity contribution is 6.39. The van der Waals surface area contributed by atoms with Gasteiger partial charge in [0.1, 0.15) is 5.82 Å². The summed E-state index contributed by atoms with van der Waals surface area (Å²) in [6.45, 7) is 4.38. The van der Waals surface area contributed by atoms with Gasteiger partial charge in [-0.25, -0.2) is 4.98 Å². The van der Waals surface area contributed by atoms with Crippen LogP contribution >= 0.6 is 0 Å². The predicted octanol–water partition coefficient (Wildman–Crippen LogP) is 3.39. The van der Waals surface area contributed by atoms with Crippen molar-refractivity contribution in [2.75, 3.05) is 38.2 Å². The Bertz CT molecular complexity index is 1280. The van der Waals surface area contributed by atoms with Crippen LogP contribution in [-0.4, -0.2) is 63.6 Å². The third-order valence-corrected chi connectivity index (χ3v) is 7.31. The molecule has 1 saturated heterocycles. The molecule has 1 aliphatic heterocycles. The van der Waals surface area contributed by atoms with E-state index in [0.717, 1.165) is 60.8 Å². The Morgan fingerprint density at radius 2 is 1.94 bits per heavy atom. The number of aromatic nitrogens is 3. The highest BCUT2D eigenvalue weighted by atomic mass is 16.2. The summed E-state index contributed by atoms with van der Waals surface area (Å²) in [5.41, 5.74) is 9.57. The first-order valence-electron chi connectivity index (χ1n) is 12.8. The fourth-order valence-corrected chi connectivity index (χ4v) is 5.11. The van der Waals surface area contributed by atoms with Crippen molar-refractivity contribution in [3.05, 3.63) is 47.8 Å². The van der Waals surface area contributed by atoms with Gasteiger partial charge in [0.05, 0.1) is 36.2 Å². The number of pyridine rings is 1. The number of fused-ring (bicyclic) bond motifs is 1. The van der Waals surface area contributed by atoms with Gasteiger partial charge in [0.2, 0.25) is 0 Å². The van der Waals surface area contributed by atoms with Crippen LogP contribution < -0.4 is 11.1 Å². The molecule has 0 radical (unpaired) electrons. The number of amides is 2. The van der Waals surface area contributed by atoms with E-state index in [9.17, 15) is 9.59 Å². The molecule has 0 spiro atoms. The van der Waals surface area contributed by atoms with Gasteiger partial charge >= 0.3 is 11.8 Å². The standard InChI is InChI=1S/C27H35N7O2/c1-17-4-8-23(19-7-9-24-20(12-19)14-30-34(24)11-10-32(2)3)33(16-17)27(36)26(35)31-21-13-22(18-5-6-18)25(28)29-15-21/h7,9,12-15,17-18,23H,4-6,8,10-11,16H2,1-3H3,(H2,28,29)(H,31,35)/t17-,23+/m1/s1. The zero-order chi connectivity index (χ0) is 25.4. The van der Waals surface area contributed by atoms with Crippen molar-refractivity contribution in [2.45, 2.75) is 51.1 Å². The van der Waals surface area contributed by atoms with Gasteiger partial charge in [-0.05, 0) is 80.9 Å². The number of hydrogen-bond donors (Lipinski definition) is 2. The van der Waals surface area contributed by atoms with E-state index in [2.05, 4.69) is 45.4 Å². The average Bonchev–Trinajstić information content (AvgIpc) is 3.62. The number of anilines is 2. The summed E-state index contributed by atoms with van der Waals surface area (Å²) in [5.74, 6) is 0.0694. The Balaban J connectivity index is 1.35. The van der Waals surface area contributed by atoms with Gasteiger partial charge in [-0.2, -0.15) is 5.10 Å². The average molecular weight is 490 g/mol. The van der Waals surface area contributed by atoms with Gasteiger partial charge in [0.25, 0.3) is 0 Å². The van der Waals surface area contributed by atoms with Crippen LogP contribution in [0, 0.1) is 5.92 Å². The number of nitrogens with zero attached hydrogens (tertiary/aromatic N) is 5. The zero-order valence-electron chi connectivity index (χ0n) is 21.3. The lowest BCUT2D eigenvalue weighted by atomic mass is 9.89. The number of piperidine rings is 1. The number of likely N-dealkylation sites (tertiary alicyclic amines) is 1. The first kappa shape index (κ1) is 24.2. The SMILES string of the molecule is C[C@@H]1CC[C@@H](c2ccc3c(cnn3CCN(C)C)c2)N(C(=O)C(=O)Nc2cnc(N)c(C3CC3)c2)C1. The quantitative estimate of drug-likeness (QED) is 0.514. The van der Waals surface area contributed by atoms with Gasteiger partial charge in [0.15, 0.2) is 0 Å². The normalized spacial score (nSPS) is 20.2. The van der Waals surface area contributed by atoms with Crippen LogP contribution in [0.3, 0.4) is 0 Å². The van der Waals surface area contributed by atoms with Crippen LogP contribution in [0.25, 0.3) is 10.9 Å². The molecule has 2 amide bonds. The van der Waals surface area contributed by atoms with Gasteiger partial charge < -0.3 is 20.9 Å². The number of rotatable bonds is 6. The van der Waals surface area contributed by atoms with Gasteiger partial charge in [-0.3, -0.25) is 14.3 Å². The molecule has 3 aromatic rings. The van der Waals surface area contributed by atoms with Crippen LogP contribution in [-0.2, 0) is 16.1 Å². The van der Waals surface area contributed by atoms with E-state index < -0.39 is 11.8 Å². The van der Waals surface area contributed by atoms with Crippen molar-refractivity contribution in [2.24, 2.45) is 5.92 Å². The third kappa shape index (κ3) is 5.06. The van der Waals surface area contributed by atoms with Crippen molar-refractivity contribution < 1.29 is 9.59 Å². The Hall–Kier alpha value is -3.46. The van der Waals surface area contributed by atoms with E-state index in [1.165, 1.54) is 6.20 Å². The number of nitrogens with one attached hydrogen (secondary N) is 1. The number of carbonyl (C=O) groups is 2. The highest BCUT2D eigenvalue weighted by Crippen LogP contribution is 2.43. The first-order chi connectivity index (χ1) is 17.3. The van der Waals surface area contributed by atoms with Crippen LogP contribution in [0.5, 0.6) is 0 Å². The Morgan fingerprint density at radius 3 is 2.69 bits per heavy atom. The number of hydrogen-bond acceptors (Lipinski definition) is 6. The molecule has 9 heteroatoms. The maximum atomic E-state index is 13.4. The van der Waals surface area contributed by atoms with Crippen molar-refractivity contribution in [1.82, 2.24) is 24.6 Å². The molecule has 2 fully saturated rings. The van der Waals surface area contributed by atoms with E-state index in [0.29, 0.717) is 29.9 Å². The second kappa shape index (κ2) is 9.89. The largest absolute Gasteiger partial charge is 0.383 e. The minimum absolute atomic E-state index is 0.152. The topological polar surface area (TPSA) is 109 Å². The summed E-state index contributed by atoms with van der Waals surface area (Å²) in [5, 5.41) is 8.37. The molecule has 2 atom stereocenters. The third-order valence-electron chi connectivity index (χ3n) is 7.31. The van der Waals surface area contributed by atoms with Gasteiger partial charge in [0, 0.05) is 18.5 Å². The Morgan fingerprint density at radius 1 is 1.14 bits per heavy atom. The van der Waals surface area contributed by atoms with E-state index in [4.69, 9.17) is 5.73 Å². The van der Waals surface area contributed by atoms with Gasteiger partial charge in [-0.15, -0.1) is 0 Å². The lowest BCUT2D eigenvalue weighted by Crippen LogP contribution is -2.46. The van der Waals surface area contributed by atoms with E-state index in [1.54, 1.807) is 4.90 Å². The molecule has 1 aromatic carbocycles. The second-order valence-electron chi connectivity index (χ2n) is 10.6. The maximum absolute atomic E-state index is 13.4. The fourth-order valence-electron chi connectivity index (χ4n) is 5.11. The fraction of sp³-hybridized carbons (Fsp3) is 0.481. The summed E-state index contributed by atoms with van der Waals surface area (Å²) < 4.78 is 2.01. The molecule has 5 rings (SSSR count). The zero-order valence-corrected chi connectivity index (χ0v) is 21.3. The molecule has 9 nitrogen and oxygen atoms in total. The van der Waals surface area contributed by atoms with E-state index in [-0.39, 0.29) is 6.04 Å². The molecule has 2 aliphatic rings. The molecule has 1 aliphatic carbocycles. The van der Waals surface area contributed by atoms with Crippen molar-refractivity contribution in [3.8, 4) is 0 Å². The van der Waals surface area contributed by atoms with Crippen LogP contribution in [0.4, 0.5) is 11.5 Å². The smallest absolute Gasteiger partial charge is 0.313 e. The second-order valence-corrected chi connectivity index (χ2v) is 10.6. The predicted molar refractivity (Wildman–Crippen MR) is 140 cm³/mol. The summed E-state index contributed by atoms with van der Waals surface area (Å²) in [7, 11) is 4.09. The number of nitrogen functional groups attached to an aromatic ring is 1. The number of nitrogens with two attached hydrogens (primary N) is 1. The molecule has 0 unspecified atom stereocenters. The van der Waals surface area contributed by atoms with Crippen LogP contribution in [0.1, 0.15) is 55.7 Å². The van der Waals surface area contributed by atoms with Crippen LogP contribution in [0.2, 0.25) is 0 Å². The number of benzene rings is 1. The van der Waals surface area contributed by atoms with Gasteiger partial charge in [-0.1, -0.05) is 13.0 Å². The van der Waals surface area contributed by atoms with Crippen LogP contribution in [0.15, 0.2) is 36.7 Å². The lowest BCUT2D eigenvalue weighted by molar-refractivity contribution is -0.146. The monoisotopic (exact) mass is 489 g/mol. The molecule has 0 bridgehead atoms. The highest BCUT2D eigenvalue weighted by Gasteiger charge is 2.35. The molecular weight excluding hydrogens is 454 g/mol. The summed E-state index contributed by atoms with van der Waals surface area (Å²) in [6, 6.07) is 7.96. The summed E-state index contributed by atoms with van der Waals surface area (Å²) in [6.07, 6.45) is 7.37. The summed E-state index contributed by atoms with van der Waals surface area (Å²) >= 11 is 0. The molecule has 36 heavy (non-hydrogen) atoms.